The highest BCUT2D eigenvalue weighted by Crippen LogP contribution is 2.39. The predicted octanol–water partition coefficient (Wildman–Crippen LogP) is 0.810. The molecule has 7 heteroatoms. The van der Waals surface area contributed by atoms with E-state index >= 15 is 0 Å². The number of hydrogen-bond donors (Lipinski definition) is 1. The minimum absolute atomic E-state index is 0.0922. The van der Waals surface area contributed by atoms with Gasteiger partial charge in [0.2, 0.25) is 11.8 Å². The Morgan fingerprint density at radius 3 is 2.80 bits per heavy atom. The second-order valence-corrected chi connectivity index (χ2v) is 5.84. The fourth-order valence-electron chi connectivity index (χ4n) is 2.50. The molecule has 2 rings (SSSR count). The summed E-state index contributed by atoms with van der Waals surface area (Å²) in [5.74, 6) is -1.98. The quantitative estimate of drug-likeness (QED) is 0.892. The van der Waals surface area contributed by atoms with Crippen molar-refractivity contribution in [2.24, 2.45) is 5.92 Å². The molecule has 1 aromatic rings. The topological polar surface area (TPSA) is 77.9 Å². The first-order valence-corrected chi connectivity index (χ1v) is 7.05. The Bertz CT molecular complexity index is 528. The molecule has 1 aliphatic heterocycles. The highest BCUT2D eigenvalue weighted by molar-refractivity contribution is 7.10. The molecule has 1 saturated heterocycles. The first kappa shape index (κ1) is 14.5. The van der Waals surface area contributed by atoms with Gasteiger partial charge < -0.3 is 14.9 Å². The highest BCUT2D eigenvalue weighted by atomic mass is 32.1. The molecule has 0 radical (unpaired) electrons. The molecule has 0 aromatic carbocycles. The molecule has 1 aromatic heterocycles. The molecule has 0 unspecified atom stereocenters. The van der Waals surface area contributed by atoms with E-state index in [4.69, 9.17) is 5.11 Å². The number of aliphatic carboxylic acids is 1. The van der Waals surface area contributed by atoms with Gasteiger partial charge in [-0.15, -0.1) is 11.3 Å². The fourth-order valence-corrected chi connectivity index (χ4v) is 3.44. The van der Waals surface area contributed by atoms with Crippen LogP contribution in [0.2, 0.25) is 0 Å². The Balaban J connectivity index is 2.23. The standard InChI is InChI=1S/C13H16N2O4S/c1-14(7-11(17)18)13(19)8-6-10(16)15(2)12(8)9-4-3-5-20-9/h3-5,8,12H,6-7H2,1-2H3,(H,17,18)/t8-,12-/m1/s1. The average molecular weight is 296 g/mol. The van der Waals surface area contributed by atoms with Crippen LogP contribution in [0.1, 0.15) is 17.3 Å². The van der Waals surface area contributed by atoms with E-state index in [1.165, 1.54) is 23.3 Å². The molecule has 1 aliphatic rings. The van der Waals surface area contributed by atoms with Crippen molar-refractivity contribution in [2.75, 3.05) is 20.6 Å². The number of thiophene rings is 1. The minimum Gasteiger partial charge on any atom is -0.480 e. The molecule has 0 bridgehead atoms. The molecular formula is C13H16N2O4S. The number of hydrogen-bond acceptors (Lipinski definition) is 4. The lowest BCUT2D eigenvalue weighted by atomic mass is 9.97. The highest BCUT2D eigenvalue weighted by Gasteiger charge is 2.44. The summed E-state index contributed by atoms with van der Waals surface area (Å²) in [5.41, 5.74) is 0. The largest absolute Gasteiger partial charge is 0.480 e. The maximum Gasteiger partial charge on any atom is 0.323 e. The molecule has 6 nitrogen and oxygen atoms in total. The van der Waals surface area contributed by atoms with Gasteiger partial charge in [0, 0.05) is 25.4 Å². The van der Waals surface area contributed by atoms with Gasteiger partial charge in [0.05, 0.1) is 12.0 Å². The molecule has 108 valence electrons. The number of nitrogens with zero attached hydrogens (tertiary/aromatic N) is 2. The van der Waals surface area contributed by atoms with Crippen LogP contribution in [-0.2, 0) is 14.4 Å². The number of carboxylic acids is 1. The van der Waals surface area contributed by atoms with Crippen LogP contribution >= 0.6 is 11.3 Å². The number of carbonyl (C=O) groups excluding carboxylic acids is 2. The van der Waals surface area contributed by atoms with Crippen LogP contribution < -0.4 is 0 Å². The zero-order valence-corrected chi connectivity index (χ0v) is 12.1. The normalized spacial score (nSPS) is 22.1. The molecule has 0 aliphatic carbocycles. The number of likely N-dealkylation sites (N-methyl/N-ethyl adjacent to an activating group) is 1. The summed E-state index contributed by atoms with van der Waals surface area (Å²) in [7, 11) is 3.13. The number of rotatable bonds is 4. The lowest BCUT2D eigenvalue weighted by Crippen LogP contribution is -2.38. The molecule has 2 heterocycles. The molecular weight excluding hydrogens is 280 g/mol. The molecule has 2 amide bonds. The Hall–Kier alpha value is -1.89. The number of likely N-dealkylation sites (tertiary alicyclic amines) is 1. The third-order valence-corrected chi connectivity index (χ3v) is 4.43. The van der Waals surface area contributed by atoms with Crippen molar-refractivity contribution in [2.45, 2.75) is 12.5 Å². The zero-order chi connectivity index (χ0) is 14.9. The van der Waals surface area contributed by atoms with Gasteiger partial charge in [-0.2, -0.15) is 0 Å². The van der Waals surface area contributed by atoms with E-state index in [0.717, 1.165) is 4.88 Å². The Labute approximate surface area is 120 Å². The van der Waals surface area contributed by atoms with Crippen molar-refractivity contribution in [1.82, 2.24) is 9.80 Å². The maximum atomic E-state index is 12.4. The monoisotopic (exact) mass is 296 g/mol. The molecule has 1 fully saturated rings. The molecule has 2 atom stereocenters. The molecule has 1 N–H and O–H groups in total. The summed E-state index contributed by atoms with van der Waals surface area (Å²) in [4.78, 5) is 38.6. The van der Waals surface area contributed by atoms with Gasteiger partial charge in [0.25, 0.3) is 0 Å². The van der Waals surface area contributed by atoms with Gasteiger partial charge in [-0.25, -0.2) is 0 Å². The van der Waals surface area contributed by atoms with Crippen LogP contribution in [0.5, 0.6) is 0 Å². The van der Waals surface area contributed by atoms with Crippen LogP contribution in [0.4, 0.5) is 0 Å². The summed E-state index contributed by atoms with van der Waals surface area (Å²) in [6.45, 7) is -0.357. The minimum atomic E-state index is -1.06. The van der Waals surface area contributed by atoms with Gasteiger partial charge >= 0.3 is 5.97 Å². The van der Waals surface area contributed by atoms with Crippen molar-refractivity contribution in [3.8, 4) is 0 Å². The second kappa shape index (κ2) is 5.62. The van der Waals surface area contributed by atoms with E-state index in [1.807, 2.05) is 17.5 Å². The summed E-state index contributed by atoms with van der Waals surface area (Å²) < 4.78 is 0. The predicted molar refractivity (Wildman–Crippen MR) is 73.2 cm³/mol. The van der Waals surface area contributed by atoms with Crippen LogP contribution in [0, 0.1) is 5.92 Å². The molecule has 0 saturated carbocycles. The maximum absolute atomic E-state index is 12.4. The summed E-state index contributed by atoms with van der Waals surface area (Å²) in [6.07, 6.45) is 0.127. The van der Waals surface area contributed by atoms with E-state index in [2.05, 4.69) is 0 Å². The van der Waals surface area contributed by atoms with Crippen molar-refractivity contribution in [3.63, 3.8) is 0 Å². The Morgan fingerprint density at radius 1 is 1.55 bits per heavy atom. The summed E-state index contributed by atoms with van der Waals surface area (Å²) >= 11 is 1.49. The fraction of sp³-hybridized carbons (Fsp3) is 0.462. The van der Waals surface area contributed by atoms with E-state index in [9.17, 15) is 14.4 Å². The summed E-state index contributed by atoms with van der Waals surface area (Å²) in [5, 5.41) is 10.7. The van der Waals surface area contributed by atoms with Crippen LogP contribution in [0.3, 0.4) is 0 Å². The third-order valence-electron chi connectivity index (χ3n) is 3.49. The molecule has 0 spiro atoms. The van der Waals surface area contributed by atoms with Gasteiger partial charge in [-0.05, 0) is 11.4 Å². The first-order chi connectivity index (χ1) is 9.41. The lowest BCUT2D eigenvalue weighted by Gasteiger charge is -2.26. The van der Waals surface area contributed by atoms with Crippen LogP contribution in [0.15, 0.2) is 17.5 Å². The van der Waals surface area contributed by atoms with Gasteiger partial charge in [-0.3, -0.25) is 14.4 Å². The van der Waals surface area contributed by atoms with Crippen molar-refractivity contribution >= 4 is 29.1 Å². The van der Waals surface area contributed by atoms with E-state index in [-0.39, 0.29) is 30.8 Å². The second-order valence-electron chi connectivity index (χ2n) is 4.86. The molecule has 20 heavy (non-hydrogen) atoms. The van der Waals surface area contributed by atoms with Crippen LogP contribution in [0.25, 0.3) is 0 Å². The van der Waals surface area contributed by atoms with Crippen LogP contribution in [-0.4, -0.2) is 53.3 Å². The third kappa shape index (κ3) is 2.67. The van der Waals surface area contributed by atoms with Crippen molar-refractivity contribution < 1.29 is 19.5 Å². The van der Waals surface area contributed by atoms with Gasteiger partial charge in [0.1, 0.15) is 6.54 Å². The average Bonchev–Trinajstić information content (AvgIpc) is 2.97. The SMILES string of the molecule is CN(CC(=O)O)C(=O)[C@@H]1CC(=O)N(C)[C@H]1c1cccs1. The number of carboxylic acid groups (broad SMARTS) is 1. The zero-order valence-electron chi connectivity index (χ0n) is 11.3. The van der Waals surface area contributed by atoms with Crippen molar-refractivity contribution in [1.29, 1.82) is 0 Å². The summed E-state index contributed by atoms with van der Waals surface area (Å²) in [6, 6.07) is 3.47. The smallest absolute Gasteiger partial charge is 0.323 e. The van der Waals surface area contributed by atoms with Crippen molar-refractivity contribution in [3.05, 3.63) is 22.4 Å². The Kier molecular flexibility index (Phi) is 4.08. The van der Waals surface area contributed by atoms with Gasteiger partial charge in [0.15, 0.2) is 0 Å². The number of amides is 2. The first-order valence-electron chi connectivity index (χ1n) is 6.17. The van der Waals surface area contributed by atoms with E-state index in [1.54, 1.807) is 11.9 Å². The van der Waals surface area contributed by atoms with E-state index < -0.39 is 11.9 Å². The Morgan fingerprint density at radius 2 is 2.25 bits per heavy atom. The van der Waals surface area contributed by atoms with E-state index in [0.29, 0.717) is 0 Å². The number of carbonyl (C=O) groups is 3. The van der Waals surface area contributed by atoms with Gasteiger partial charge in [-0.1, -0.05) is 6.07 Å². The lowest BCUT2D eigenvalue weighted by molar-refractivity contribution is -0.145.